The van der Waals surface area contributed by atoms with E-state index < -0.39 is 59.8 Å². The molecule has 12 heteroatoms. The molecule has 1 aliphatic carbocycles. The van der Waals surface area contributed by atoms with E-state index in [9.17, 15) is 27.5 Å². The number of carbonyl (C=O) groups is 1. The van der Waals surface area contributed by atoms with Crippen molar-refractivity contribution in [2.24, 2.45) is 5.41 Å². The summed E-state index contributed by atoms with van der Waals surface area (Å²) in [7, 11) is 0. The Kier molecular flexibility index (Phi) is 5.78. The van der Waals surface area contributed by atoms with E-state index in [1.54, 1.807) is 25.7 Å². The number of nitrogens with zero attached hydrogens (tertiary/aromatic N) is 4. The molecule has 8 nitrogen and oxygen atoms in total. The summed E-state index contributed by atoms with van der Waals surface area (Å²) in [5, 5.41) is 9.56. The van der Waals surface area contributed by atoms with Crippen LogP contribution in [0.5, 0.6) is 6.01 Å². The highest BCUT2D eigenvalue weighted by Crippen LogP contribution is 2.60. The molecule has 1 N–H and O–H groups in total. The zero-order valence-electron chi connectivity index (χ0n) is 21.2. The number of anilines is 1. The van der Waals surface area contributed by atoms with Gasteiger partial charge in [0.1, 0.15) is 29.4 Å². The molecule has 1 aromatic carbocycles. The summed E-state index contributed by atoms with van der Waals surface area (Å²) in [5.41, 5.74) is -3.25. The van der Waals surface area contributed by atoms with Crippen LogP contribution in [-0.4, -0.2) is 75.5 Å². The smallest absolute Gasteiger partial charge is 0.411 e. The topological polar surface area (TPSA) is 88.0 Å². The van der Waals surface area contributed by atoms with Gasteiger partial charge in [-0.1, -0.05) is 0 Å². The van der Waals surface area contributed by atoms with Crippen molar-refractivity contribution in [3.05, 3.63) is 23.8 Å². The van der Waals surface area contributed by atoms with E-state index in [4.69, 9.17) is 9.47 Å². The molecule has 1 saturated carbocycles. The van der Waals surface area contributed by atoms with Crippen molar-refractivity contribution in [2.45, 2.75) is 70.1 Å². The molecule has 3 aliphatic rings. The number of alkyl halides is 2. The fourth-order valence-electron chi connectivity index (χ4n) is 5.45. The quantitative estimate of drug-likeness (QED) is 0.582. The van der Waals surface area contributed by atoms with Crippen LogP contribution in [0.4, 0.5) is 28.2 Å². The molecule has 3 fully saturated rings. The molecule has 3 atom stereocenters. The average molecular weight is 527 g/mol. The number of piperazine rings is 1. The maximum Gasteiger partial charge on any atom is 0.411 e. The molecule has 2 bridgehead atoms. The van der Waals surface area contributed by atoms with Gasteiger partial charge < -0.3 is 19.5 Å². The second kappa shape index (κ2) is 8.31. The number of carbonyl (C=O) groups excluding carboxylic acids is 1. The number of benzene rings is 1. The Morgan fingerprint density at radius 2 is 1.95 bits per heavy atom. The van der Waals surface area contributed by atoms with Gasteiger partial charge >= 0.3 is 12.1 Å². The monoisotopic (exact) mass is 526 g/mol. The van der Waals surface area contributed by atoms with Crippen molar-refractivity contribution >= 4 is 22.8 Å². The summed E-state index contributed by atoms with van der Waals surface area (Å²) < 4.78 is 67.7. The highest BCUT2D eigenvalue weighted by atomic mass is 19.3. The molecule has 37 heavy (non-hydrogen) atoms. The Morgan fingerprint density at radius 3 is 2.54 bits per heavy atom. The maximum absolute atomic E-state index is 14.8. The van der Waals surface area contributed by atoms with Crippen LogP contribution in [-0.2, 0) is 4.74 Å². The lowest BCUT2D eigenvalue weighted by Crippen LogP contribution is -2.63. The van der Waals surface area contributed by atoms with Crippen LogP contribution in [0.2, 0.25) is 0 Å². The first-order chi connectivity index (χ1) is 17.2. The summed E-state index contributed by atoms with van der Waals surface area (Å²) in [5.74, 6) is -4.66. The van der Waals surface area contributed by atoms with Crippen LogP contribution in [0.1, 0.15) is 47.0 Å². The van der Waals surface area contributed by atoms with Crippen LogP contribution in [0, 0.1) is 17.0 Å². The molecule has 2 aromatic rings. The van der Waals surface area contributed by atoms with Gasteiger partial charge in [-0.15, -0.1) is 0 Å². The minimum absolute atomic E-state index is 0.104. The average Bonchev–Trinajstić information content (AvgIpc) is 3.26. The summed E-state index contributed by atoms with van der Waals surface area (Å²) in [4.78, 5) is 25.0. The molecule has 5 rings (SSSR count). The number of hydrogen-bond acceptors (Lipinski definition) is 7. The third-order valence-corrected chi connectivity index (χ3v) is 7.48. The molecular formula is C25H30F4N4O4. The number of halogens is 4. The molecule has 0 radical (unpaired) electrons. The normalized spacial score (nSPS) is 28.5. The highest BCUT2D eigenvalue weighted by molar-refractivity contribution is 5.90. The van der Waals surface area contributed by atoms with Crippen LogP contribution in [0.3, 0.4) is 0 Å². The number of hydrogen-bond donors (Lipinski definition) is 1. The number of aliphatic hydroxyl groups is 1. The van der Waals surface area contributed by atoms with Crippen molar-refractivity contribution in [3.8, 4) is 6.01 Å². The summed E-state index contributed by atoms with van der Waals surface area (Å²) in [6.45, 7) is 6.57. The molecule has 1 amide bonds. The van der Waals surface area contributed by atoms with Gasteiger partial charge in [0.15, 0.2) is 5.82 Å². The van der Waals surface area contributed by atoms with E-state index in [1.807, 2.05) is 11.8 Å². The van der Waals surface area contributed by atoms with Crippen molar-refractivity contribution in [2.75, 3.05) is 31.2 Å². The van der Waals surface area contributed by atoms with E-state index in [0.29, 0.717) is 32.0 Å². The predicted molar refractivity (Wildman–Crippen MR) is 126 cm³/mol. The molecule has 1 unspecified atom stereocenters. The molecule has 2 saturated heterocycles. The fraction of sp³-hybridized carbons (Fsp3) is 0.640. The minimum atomic E-state index is -3.08. The standard InChI is InChI=1S/C25H30F4N4O4/c1-22(2,3)37-21(35)33-15-5-6-23(33,4)11-32(9-15)19-16-7-14(26)8-17(27)18(16)30-20(31-19)36-13-24(12-34)10-25(24,28)29/h7-8,15,34H,5-6,9-13H2,1-4H3/t15-,23?,24-/m1/s1. The van der Waals surface area contributed by atoms with Gasteiger partial charge in [-0.25, -0.2) is 22.4 Å². The Morgan fingerprint density at radius 1 is 1.24 bits per heavy atom. The van der Waals surface area contributed by atoms with Gasteiger partial charge in [-0.2, -0.15) is 9.97 Å². The largest absolute Gasteiger partial charge is 0.462 e. The van der Waals surface area contributed by atoms with Crippen molar-refractivity contribution in [1.82, 2.24) is 14.9 Å². The number of ether oxygens (including phenoxy) is 2. The van der Waals surface area contributed by atoms with Gasteiger partial charge in [-0.3, -0.25) is 4.90 Å². The van der Waals surface area contributed by atoms with Crippen molar-refractivity contribution < 1.29 is 36.9 Å². The van der Waals surface area contributed by atoms with Crippen molar-refractivity contribution in [1.29, 1.82) is 0 Å². The third-order valence-electron chi connectivity index (χ3n) is 7.48. The first-order valence-corrected chi connectivity index (χ1v) is 12.2. The lowest BCUT2D eigenvalue weighted by molar-refractivity contribution is -0.00295. The van der Waals surface area contributed by atoms with Crippen LogP contribution >= 0.6 is 0 Å². The zero-order valence-corrected chi connectivity index (χ0v) is 21.2. The number of rotatable bonds is 5. The van der Waals surface area contributed by atoms with E-state index >= 15 is 0 Å². The molecular weight excluding hydrogens is 496 g/mol. The van der Waals surface area contributed by atoms with E-state index in [0.717, 1.165) is 6.07 Å². The number of aliphatic hydroxyl groups excluding tert-OH is 1. The zero-order chi connectivity index (χ0) is 27.0. The van der Waals surface area contributed by atoms with E-state index in [1.165, 1.54) is 0 Å². The van der Waals surface area contributed by atoms with Gasteiger partial charge in [0, 0.05) is 31.0 Å². The van der Waals surface area contributed by atoms with Crippen LogP contribution in [0.15, 0.2) is 12.1 Å². The fourth-order valence-corrected chi connectivity index (χ4v) is 5.45. The minimum Gasteiger partial charge on any atom is -0.462 e. The second-order valence-electron chi connectivity index (χ2n) is 11.6. The molecule has 0 spiro atoms. The Labute approximate surface area is 211 Å². The molecule has 1 aromatic heterocycles. The Hall–Kier alpha value is -2.89. The first kappa shape index (κ1) is 25.7. The summed E-state index contributed by atoms with van der Waals surface area (Å²) in [6.07, 6.45) is 0.431. The molecule has 2 aliphatic heterocycles. The van der Waals surface area contributed by atoms with Gasteiger partial charge in [-0.05, 0) is 46.6 Å². The Bertz CT molecular complexity index is 1260. The predicted octanol–water partition coefficient (Wildman–Crippen LogP) is 4.28. The van der Waals surface area contributed by atoms with Crippen molar-refractivity contribution in [3.63, 3.8) is 0 Å². The Balaban J connectivity index is 1.49. The second-order valence-corrected chi connectivity index (χ2v) is 11.6. The summed E-state index contributed by atoms with van der Waals surface area (Å²) in [6, 6.07) is 1.21. The number of aromatic nitrogens is 2. The lowest BCUT2D eigenvalue weighted by atomic mass is 9.97. The van der Waals surface area contributed by atoms with Crippen LogP contribution in [0.25, 0.3) is 10.9 Å². The van der Waals surface area contributed by atoms with Gasteiger partial charge in [0.05, 0.1) is 23.6 Å². The molecule has 202 valence electrons. The summed E-state index contributed by atoms with van der Waals surface area (Å²) >= 11 is 0. The number of fused-ring (bicyclic) bond motifs is 3. The first-order valence-electron chi connectivity index (χ1n) is 12.2. The third kappa shape index (κ3) is 4.42. The van der Waals surface area contributed by atoms with E-state index in [-0.39, 0.29) is 28.8 Å². The molecule has 3 heterocycles. The lowest BCUT2D eigenvalue weighted by Gasteiger charge is -2.47. The van der Waals surface area contributed by atoms with Gasteiger partial charge in [0.2, 0.25) is 0 Å². The van der Waals surface area contributed by atoms with Gasteiger partial charge in [0.25, 0.3) is 5.92 Å². The highest BCUT2D eigenvalue weighted by Gasteiger charge is 2.71. The maximum atomic E-state index is 14.8. The SMILES string of the molecule is CC(C)(C)OC(=O)N1[C@@H]2CCC1(C)CN(c1nc(OC[C@]3(CO)CC3(F)F)nc3c(F)cc(F)cc13)C2. The van der Waals surface area contributed by atoms with Crippen LogP contribution < -0.4 is 9.64 Å². The van der Waals surface area contributed by atoms with E-state index in [2.05, 4.69) is 9.97 Å². The number of amides is 1.